The molecule has 0 saturated heterocycles. The first-order chi connectivity index (χ1) is 7.70. The van der Waals surface area contributed by atoms with Gasteiger partial charge in [-0.3, -0.25) is 4.98 Å². The third-order valence-electron chi connectivity index (χ3n) is 2.40. The van der Waals surface area contributed by atoms with Crippen molar-refractivity contribution in [1.29, 1.82) is 5.26 Å². The van der Waals surface area contributed by atoms with Crippen LogP contribution in [0.4, 0.5) is 5.69 Å². The summed E-state index contributed by atoms with van der Waals surface area (Å²) in [6.45, 7) is 0.657. The van der Waals surface area contributed by atoms with Crippen molar-refractivity contribution in [2.24, 2.45) is 0 Å². The van der Waals surface area contributed by atoms with Crippen molar-refractivity contribution in [1.82, 2.24) is 4.98 Å². The van der Waals surface area contributed by atoms with Crippen LogP contribution in [-0.2, 0) is 0 Å². The van der Waals surface area contributed by atoms with E-state index in [0.717, 1.165) is 5.69 Å². The normalized spacial score (nSPS) is 10.2. The van der Waals surface area contributed by atoms with Crippen molar-refractivity contribution >= 4 is 16.8 Å². The molecule has 0 fully saturated rings. The zero-order chi connectivity index (χ0) is 11.5. The second-order valence-corrected chi connectivity index (χ2v) is 3.52. The van der Waals surface area contributed by atoms with Crippen LogP contribution in [-0.4, -0.2) is 18.6 Å². The second-order valence-electron chi connectivity index (χ2n) is 3.52. The first-order valence-electron chi connectivity index (χ1n) is 4.91. The van der Waals surface area contributed by atoms with Gasteiger partial charge in [-0.15, -0.1) is 0 Å². The van der Waals surface area contributed by atoms with Gasteiger partial charge in [-0.2, -0.15) is 5.26 Å². The van der Waals surface area contributed by atoms with E-state index in [1.165, 1.54) is 0 Å². The van der Waals surface area contributed by atoms with E-state index in [9.17, 15) is 4.79 Å². The average Bonchev–Trinajstić information content (AvgIpc) is 2.64. The molecule has 5 heteroatoms. The largest absolute Gasteiger partial charge is 0.417 e. The highest BCUT2D eigenvalue weighted by atomic mass is 16.4. The minimum Gasteiger partial charge on any atom is -0.408 e. The monoisotopic (exact) mass is 217 g/mol. The van der Waals surface area contributed by atoms with E-state index in [0.29, 0.717) is 24.1 Å². The van der Waals surface area contributed by atoms with Crippen LogP contribution in [0.25, 0.3) is 11.1 Å². The van der Waals surface area contributed by atoms with Crippen molar-refractivity contribution in [3.05, 3.63) is 28.7 Å². The fourth-order valence-corrected chi connectivity index (χ4v) is 1.52. The Morgan fingerprint density at radius 3 is 3.12 bits per heavy atom. The molecule has 5 nitrogen and oxygen atoms in total. The molecule has 82 valence electrons. The lowest BCUT2D eigenvalue weighted by Gasteiger charge is -2.17. The highest BCUT2D eigenvalue weighted by Crippen LogP contribution is 2.18. The lowest BCUT2D eigenvalue weighted by Crippen LogP contribution is -2.17. The van der Waals surface area contributed by atoms with E-state index < -0.39 is 5.76 Å². The van der Waals surface area contributed by atoms with Crippen LogP contribution in [0.5, 0.6) is 0 Å². The predicted molar refractivity (Wildman–Crippen MR) is 60.3 cm³/mol. The standard InChI is InChI=1S/C11H11N3O2/c1-14(6-2-5-12)8-3-4-10-9(7-8)13-11(15)16-10/h3-4,7H,2,6H2,1H3,(H,13,15). The molecule has 0 radical (unpaired) electrons. The third kappa shape index (κ3) is 1.91. The van der Waals surface area contributed by atoms with Gasteiger partial charge in [0, 0.05) is 19.3 Å². The van der Waals surface area contributed by atoms with Gasteiger partial charge >= 0.3 is 5.76 Å². The topological polar surface area (TPSA) is 73.0 Å². The maximum atomic E-state index is 11.0. The number of hydrogen-bond donors (Lipinski definition) is 1. The fourth-order valence-electron chi connectivity index (χ4n) is 1.52. The Hall–Kier alpha value is -2.22. The van der Waals surface area contributed by atoms with Crippen LogP contribution in [0.3, 0.4) is 0 Å². The van der Waals surface area contributed by atoms with Gasteiger partial charge in [0.2, 0.25) is 0 Å². The van der Waals surface area contributed by atoms with Crippen LogP contribution in [0.2, 0.25) is 0 Å². The van der Waals surface area contributed by atoms with Gasteiger partial charge in [-0.25, -0.2) is 4.79 Å². The highest BCUT2D eigenvalue weighted by molar-refractivity contribution is 5.77. The summed E-state index contributed by atoms with van der Waals surface area (Å²) >= 11 is 0. The summed E-state index contributed by atoms with van der Waals surface area (Å²) in [5, 5.41) is 8.50. The zero-order valence-electron chi connectivity index (χ0n) is 8.86. The first-order valence-corrected chi connectivity index (χ1v) is 4.91. The number of nitriles is 1. The zero-order valence-corrected chi connectivity index (χ0v) is 8.86. The summed E-state index contributed by atoms with van der Waals surface area (Å²) < 4.78 is 4.90. The molecule has 2 aromatic rings. The summed E-state index contributed by atoms with van der Waals surface area (Å²) in [6, 6.07) is 7.52. The molecular weight excluding hydrogens is 206 g/mol. The Morgan fingerprint density at radius 2 is 2.38 bits per heavy atom. The van der Waals surface area contributed by atoms with Crippen molar-refractivity contribution in [2.45, 2.75) is 6.42 Å². The molecule has 1 heterocycles. The van der Waals surface area contributed by atoms with Crippen molar-refractivity contribution in [3.8, 4) is 6.07 Å². The lowest BCUT2D eigenvalue weighted by atomic mass is 10.2. The maximum Gasteiger partial charge on any atom is 0.417 e. The summed E-state index contributed by atoms with van der Waals surface area (Å²) in [4.78, 5) is 15.5. The van der Waals surface area contributed by atoms with Gasteiger partial charge in [-0.1, -0.05) is 0 Å². The summed E-state index contributed by atoms with van der Waals surface area (Å²) in [5.74, 6) is -0.452. The molecule has 0 aliphatic carbocycles. The summed E-state index contributed by atoms with van der Waals surface area (Å²) in [6.07, 6.45) is 0.469. The Balaban J connectivity index is 2.32. The fraction of sp³-hybridized carbons (Fsp3) is 0.273. The molecule has 0 aliphatic heterocycles. The highest BCUT2D eigenvalue weighted by Gasteiger charge is 2.05. The number of benzene rings is 1. The molecule has 0 atom stereocenters. The number of oxazole rings is 1. The molecule has 16 heavy (non-hydrogen) atoms. The third-order valence-corrected chi connectivity index (χ3v) is 2.40. The Labute approximate surface area is 91.9 Å². The number of H-pyrrole nitrogens is 1. The average molecular weight is 217 g/mol. The molecule has 0 spiro atoms. The first kappa shape index (κ1) is 10.3. The van der Waals surface area contributed by atoms with Crippen LogP contribution in [0.1, 0.15) is 6.42 Å². The summed E-state index contributed by atoms with van der Waals surface area (Å²) in [7, 11) is 1.90. The second kappa shape index (κ2) is 4.11. The van der Waals surface area contributed by atoms with Crippen LogP contribution >= 0.6 is 0 Å². The molecule has 0 unspecified atom stereocenters. The SMILES string of the molecule is CN(CCC#N)c1ccc2oc(=O)[nH]c2c1. The molecule has 0 amide bonds. The number of hydrogen-bond acceptors (Lipinski definition) is 4. The molecule has 2 rings (SSSR count). The van der Waals surface area contributed by atoms with Gasteiger partial charge in [0.1, 0.15) is 0 Å². The number of fused-ring (bicyclic) bond motifs is 1. The molecule has 1 aromatic heterocycles. The number of anilines is 1. The van der Waals surface area contributed by atoms with Gasteiger partial charge in [0.05, 0.1) is 18.0 Å². The van der Waals surface area contributed by atoms with E-state index in [1.54, 1.807) is 6.07 Å². The van der Waals surface area contributed by atoms with Gasteiger partial charge in [0.25, 0.3) is 0 Å². The predicted octanol–water partition coefficient (Wildman–Crippen LogP) is 1.47. The Morgan fingerprint density at radius 1 is 1.56 bits per heavy atom. The van der Waals surface area contributed by atoms with E-state index in [-0.39, 0.29) is 0 Å². The van der Waals surface area contributed by atoms with E-state index in [1.807, 2.05) is 24.1 Å². The Kier molecular flexibility index (Phi) is 2.64. The van der Waals surface area contributed by atoms with Crippen LogP contribution in [0, 0.1) is 11.3 Å². The van der Waals surface area contributed by atoms with Gasteiger partial charge in [-0.05, 0) is 18.2 Å². The number of aromatic nitrogens is 1. The molecule has 0 bridgehead atoms. The molecule has 1 aromatic carbocycles. The molecule has 0 aliphatic rings. The van der Waals surface area contributed by atoms with Gasteiger partial charge < -0.3 is 9.32 Å². The minimum absolute atomic E-state index is 0.452. The van der Waals surface area contributed by atoms with E-state index in [2.05, 4.69) is 11.1 Å². The van der Waals surface area contributed by atoms with Crippen LogP contribution in [0.15, 0.2) is 27.4 Å². The van der Waals surface area contributed by atoms with E-state index >= 15 is 0 Å². The lowest BCUT2D eigenvalue weighted by molar-refractivity contribution is 0.555. The maximum absolute atomic E-state index is 11.0. The van der Waals surface area contributed by atoms with Gasteiger partial charge in [0.15, 0.2) is 5.58 Å². The number of rotatable bonds is 3. The molecule has 1 N–H and O–H groups in total. The van der Waals surface area contributed by atoms with Crippen LogP contribution < -0.4 is 10.7 Å². The van der Waals surface area contributed by atoms with E-state index in [4.69, 9.17) is 9.68 Å². The molecule has 0 saturated carbocycles. The number of nitrogens with one attached hydrogen (secondary N) is 1. The Bertz CT molecular complexity index is 591. The van der Waals surface area contributed by atoms with Crippen molar-refractivity contribution in [2.75, 3.05) is 18.5 Å². The number of nitrogens with zero attached hydrogens (tertiary/aromatic N) is 2. The van der Waals surface area contributed by atoms with Crippen molar-refractivity contribution in [3.63, 3.8) is 0 Å². The smallest absolute Gasteiger partial charge is 0.408 e. The minimum atomic E-state index is -0.452. The quantitative estimate of drug-likeness (QED) is 0.844. The summed E-state index contributed by atoms with van der Waals surface area (Å²) in [5.41, 5.74) is 2.16. The number of aromatic amines is 1. The van der Waals surface area contributed by atoms with Crippen molar-refractivity contribution < 1.29 is 4.42 Å². The molecular formula is C11H11N3O2.